The highest BCUT2D eigenvalue weighted by molar-refractivity contribution is 7.15. The van der Waals surface area contributed by atoms with Crippen molar-refractivity contribution in [1.82, 2.24) is 15.2 Å². The van der Waals surface area contributed by atoms with Gasteiger partial charge in [-0.1, -0.05) is 48.5 Å². The molecule has 1 saturated heterocycles. The Hall–Kier alpha value is -2.99. The number of aryl methyl sites for hydroxylation is 1. The van der Waals surface area contributed by atoms with Crippen LogP contribution in [0.4, 0.5) is 0 Å². The van der Waals surface area contributed by atoms with E-state index in [4.69, 9.17) is 0 Å². The number of piperidine rings is 1. The Bertz CT molecular complexity index is 1020. The maximum Gasteiger partial charge on any atom is 0.274 e. The van der Waals surface area contributed by atoms with Gasteiger partial charge in [-0.2, -0.15) is 0 Å². The number of hydrogen-bond acceptors (Lipinski definition) is 4. The number of thiazole rings is 1. The molecule has 1 unspecified atom stereocenters. The zero-order valence-electron chi connectivity index (χ0n) is 17.0. The number of rotatable bonds is 5. The highest BCUT2D eigenvalue weighted by Gasteiger charge is 2.31. The molecule has 4 rings (SSSR count). The van der Waals surface area contributed by atoms with Crippen LogP contribution in [0.5, 0.6) is 0 Å². The lowest BCUT2D eigenvalue weighted by Crippen LogP contribution is -2.49. The van der Waals surface area contributed by atoms with Crippen molar-refractivity contribution in [3.63, 3.8) is 0 Å². The molecule has 5 nitrogen and oxygen atoms in total. The predicted molar refractivity (Wildman–Crippen MR) is 120 cm³/mol. The van der Waals surface area contributed by atoms with E-state index in [1.165, 1.54) is 0 Å². The van der Waals surface area contributed by atoms with Crippen LogP contribution < -0.4 is 5.32 Å². The van der Waals surface area contributed by atoms with E-state index in [-0.39, 0.29) is 17.9 Å². The van der Waals surface area contributed by atoms with Gasteiger partial charge in [0.1, 0.15) is 5.69 Å². The second kappa shape index (κ2) is 9.22. The van der Waals surface area contributed by atoms with E-state index in [1.54, 1.807) is 23.5 Å². The number of benzene rings is 2. The molecule has 2 aromatic carbocycles. The lowest BCUT2D eigenvalue weighted by molar-refractivity contribution is 0.0598. The fourth-order valence-electron chi connectivity index (χ4n) is 3.88. The minimum atomic E-state index is -0.108. The molecular formula is C24H25N3O2S. The molecule has 1 N–H and O–H groups in total. The summed E-state index contributed by atoms with van der Waals surface area (Å²) < 4.78 is 0. The van der Waals surface area contributed by atoms with E-state index >= 15 is 0 Å². The first-order chi connectivity index (χ1) is 14.6. The van der Waals surface area contributed by atoms with Crippen LogP contribution in [0.3, 0.4) is 0 Å². The fraction of sp³-hybridized carbons (Fsp3) is 0.292. The Morgan fingerprint density at radius 2 is 1.77 bits per heavy atom. The van der Waals surface area contributed by atoms with Gasteiger partial charge in [0.25, 0.3) is 11.8 Å². The Labute approximate surface area is 180 Å². The molecule has 0 spiro atoms. The van der Waals surface area contributed by atoms with Crippen LogP contribution in [-0.2, 0) is 0 Å². The molecule has 3 aromatic rings. The molecule has 0 saturated carbocycles. The summed E-state index contributed by atoms with van der Waals surface area (Å²) in [6.07, 6.45) is 2.90. The average Bonchev–Trinajstić information content (AvgIpc) is 3.20. The van der Waals surface area contributed by atoms with Gasteiger partial charge < -0.3 is 10.2 Å². The smallest absolute Gasteiger partial charge is 0.274 e. The van der Waals surface area contributed by atoms with Crippen LogP contribution in [0.25, 0.3) is 10.4 Å². The average molecular weight is 420 g/mol. The van der Waals surface area contributed by atoms with Gasteiger partial charge in [-0.3, -0.25) is 9.59 Å². The van der Waals surface area contributed by atoms with E-state index in [2.05, 4.69) is 10.3 Å². The van der Waals surface area contributed by atoms with Crippen molar-refractivity contribution in [2.45, 2.75) is 32.2 Å². The molecule has 0 bridgehead atoms. The largest absolute Gasteiger partial charge is 0.350 e. The topological polar surface area (TPSA) is 62.3 Å². The molecule has 0 radical (unpaired) electrons. The van der Waals surface area contributed by atoms with Gasteiger partial charge in [0.15, 0.2) is 0 Å². The van der Waals surface area contributed by atoms with E-state index < -0.39 is 0 Å². The van der Waals surface area contributed by atoms with Crippen molar-refractivity contribution in [2.75, 3.05) is 13.1 Å². The highest BCUT2D eigenvalue weighted by atomic mass is 32.1. The number of carbonyl (C=O) groups excluding carboxylic acids is 2. The van der Waals surface area contributed by atoms with Crippen LogP contribution >= 0.6 is 11.3 Å². The molecule has 1 aliphatic heterocycles. The molecule has 0 aliphatic carbocycles. The Balaban J connectivity index is 1.52. The molecule has 30 heavy (non-hydrogen) atoms. The number of likely N-dealkylation sites (tertiary alicyclic amines) is 1. The molecular weight excluding hydrogens is 394 g/mol. The number of aromatic nitrogens is 1. The summed E-state index contributed by atoms with van der Waals surface area (Å²) >= 11 is 1.55. The lowest BCUT2D eigenvalue weighted by Gasteiger charge is -2.35. The van der Waals surface area contributed by atoms with Gasteiger partial charge in [0, 0.05) is 24.7 Å². The van der Waals surface area contributed by atoms with Gasteiger partial charge in [-0.05, 0) is 43.9 Å². The first-order valence-corrected chi connectivity index (χ1v) is 11.1. The zero-order valence-corrected chi connectivity index (χ0v) is 17.8. The van der Waals surface area contributed by atoms with Crippen molar-refractivity contribution < 1.29 is 9.59 Å². The van der Waals surface area contributed by atoms with Gasteiger partial charge >= 0.3 is 0 Å². The van der Waals surface area contributed by atoms with Crippen LogP contribution in [0.1, 0.15) is 45.1 Å². The SMILES string of the molecule is Cc1nc(C(=O)N2CCCCC2CNC(=O)c2ccccc2)c(-c2ccccc2)s1. The third kappa shape index (κ3) is 4.44. The summed E-state index contributed by atoms with van der Waals surface area (Å²) in [7, 11) is 0. The molecule has 1 aliphatic rings. The number of hydrogen-bond donors (Lipinski definition) is 1. The lowest BCUT2D eigenvalue weighted by atomic mass is 10.0. The third-order valence-corrected chi connectivity index (χ3v) is 6.41. The first-order valence-electron chi connectivity index (χ1n) is 10.3. The molecule has 2 heterocycles. The van der Waals surface area contributed by atoms with Crippen LogP contribution in [0, 0.1) is 6.92 Å². The zero-order chi connectivity index (χ0) is 20.9. The normalized spacial score (nSPS) is 16.3. The van der Waals surface area contributed by atoms with E-state index in [9.17, 15) is 9.59 Å². The van der Waals surface area contributed by atoms with E-state index in [1.807, 2.05) is 60.4 Å². The number of nitrogens with one attached hydrogen (secondary N) is 1. The minimum absolute atomic E-state index is 0.0236. The quantitative estimate of drug-likeness (QED) is 0.660. The molecule has 6 heteroatoms. The summed E-state index contributed by atoms with van der Waals surface area (Å²) in [6.45, 7) is 3.07. The van der Waals surface area contributed by atoms with Crippen LogP contribution in [0.2, 0.25) is 0 Å². The summed E-state index contributed by atoms with van der Waals surface area (Å²) in [5.74, 6) is -0.153. The fourth-order valence-corrected chi connectivity index (χ4v) is 4.79. The van der Waals surface area contributed by atoms with Crippen LogP contribution in [-0.4, -0.2) is 40.8 Å². The Morgan fingerprint density at radius 3 is 2.50 bits per heavy atom. The number of carbonyl (C=O) groups is 2. The molecule has 154 valence electrons. The highest BCUT2D eigenvalue weighted by Crippen LogP contribution is 2.32. The monoisotopic (exact) mass is 419 g/mol. The molecule has 1 aromatic heterocycles. The number of nitrogens with zero attached hydrogens (tertiary/aromatic N) is 2. The van der Waals surface area contributed by atoms with Gasteiger partial charge in [0.2, 0.25) is 0 Å². The predicted octanol–water partition coefficient (Wildman–Crippen LogP) is 4.54. The van der Waals surface area contributed by atoms with Crippen LogP contribution in [0.15, 0.2) is 60.7 Å². The van der Waals surface area contributed by atoms with Crippen molar-refractivity contribution in [3.8, 4) is 10.4 Å². The number of amides is 2. The van der Waals surface area contributed by atoms with Crippen molar-refractivity contribution in [3.05, 3.63) is 76.9 Å². The van der Waals surface area contributed by atoms with Crippen molar-refractivity contribution >= 4 is 23.2 Å². The summed E-state index contributed by atoms with van der Waals surface area (Å²) in [5, 5.41) is 3.88. The van der Waals surface area contributed by atoms with Crippen molar-refractivity contribution in [2.24, 2.45) is 0 Å². The maximum absolute atomic E-state index is 13.5. The Kier molecular flexibility index (Phi) is 6.23. The van der Waals surface area contributed by atoms with Gasteiger partial charge in [0.05, 0.1) is 9.88 Å². The third-order valence-electron chi connectivity index (χ3n) is 5.39. The molecule has 1 atom stereocenters. The summed E-state index contributed by atoms with van der Waals surface area (Å²) in [5.41, 5.74) is 2.16. The first kappa shape index (κ1) is 20.3. The van der Waals surface area contributed by atoms with Gasteiger partial charge in [-0.15, -0.1) is 11.3 Å². The summed E-state index contributed by atoms with van der Waals surface area (Å²) in [6, 6.07) is 19.1. The van der Waals surface area contributed by atoms with E-state index in [0.717, 1.165) is 34.7 Å². The van der Waals surface area contributed by atoms with E-state index in [0.29, 0.717) is 24.3 Å². The van der Waals surface area contributed by atoms with Gasteiger partial charge in [-0.25, -0.2) is 4.98 Å². The second-order valence-corrected chi connectivity index (χ2v) is 8.70. The maximum atomic E-state index is 13.5. The standard InChI is InChI=1S/C24H25N3O2S/c1-17-26-21(22(30-17)18-10-4-2-5-11-18)24(29)27-15-9-8-14-20(27)16-25-23(28)19-12-6-3-7-13-19/h2-7,10-13,20H,8-9,14-16H2,1H3,(H,25,28). The molecule has 2 amide bonds. The molecule has 1 fully saturated rings. The summed E-state index contributed by atoms with van der Waals surface area (Å²) in [4.78, 5) is 33.3. The second-order valence-electron chi connectivity index (χ2n) is 7.50. The Morgan fingerprint density at radius 1 is 1.07 bits per heavy atom. The van der Waals surface area contributed by atoms with Crippen molar-refractivity contribution in [1.29, 1.82) is 0 Å². The minimum Gasteiger partial charge on any atom is -0.350 e.